The lowest BCUT2D eigenvalue weighted by Gasteiger charge is -1.90. The molecule has 0 N–H and O–H groups in total. The van der Waals surface area contributed by atoms with E-state index < -0.39 is 0 Å². The van der Waals surface area contributed by atoms with Crippen LogP contribution >= 0.6 is 11.3 Å². The van der Waals surface area contributed by atoms with E-state index >= 15 is 0 Å². The summed E-state index contributed by atoms with van der Waals surface area (Å²) in [4.78, 5) is 0. The average Bonchev–Trinajstić information content (AvgIpc) is 2.54. The number of aromatic nitrogens is 2. The highest BCUT2D eigenvalue weighted by molar-refractivity contribution is 7.14. The van der Waals surface area contributed by atoms with Gasteiger partial charge in [0.25, 0.3) is 0 Å². The summed E-state index contributed by atoms with van der Waals surface area (Å²) in [5.41, 5.74) is 1.09. The number of aryl methyl sites for hydroxylation is 1. The van der Waals surface area contributed by atoms with Crippen LogP contribution in [0.5, 0.6) is 0 Å². The quantitative estimate of drug-likeness (QED) is 0.664. The van der Waals surface area contributed by atoms with Crippen molar-refractivity contribution in [1.29, 1.82) is 0 Å². The van der Waals surface area contributed by atoms with Gasteiger partial charge in [0, 0.05) is 5.56 Å². The highest BCUT2D eigenvalue weighted by Gasteiger charge is 2.01. The second kappa shape index (κ2) is 3.03. The predicted octanol–water partition coefficient (Wildman–Crippen LogP) is 2.31. The van der Waals surface area contributed by atoms with Gasteiger partial charge >= 0.3 is 0 Å². The standard InChI is InChI=1S/C9H7N2S/c1-7-10-11-9(12-7)8-5-3-2-4-6-8/h2-3,5-6H,1H3. The van der Waals surface area contributed by atoms with Gasteiger partial charge in [-0.2, -0.15) is 0 Å². The Hall–Kier alpha value is -1.22. The molecule has 59 valence electrons. The Morgan fingerprint density at radius 2 is 2.33 bits per heavy atom. The maximum atomic E-state index is 4.03. The van der Waals surface area contributed by atoms with E-state index in [2.05, 4.69) is 16.3 Å². The summed E-state index contributed by atoms with van der Waals surface area (Å²) in [6.45, 7) is 1.95. The summed E-state index contributed by atoms with van der Waals surface area (Å²) in [6.07, 6.45) is 0. The predicted molar refractivity (Wildman–Crippen MR) is 48.9 cm³/mol. The minimum absolute atomic E-state index is 0.962. The molecule has 2 aromatic rings. The van der Waals surface area contributed by atoms with E-state index in [1.54, 1.807) is 11.3 Å². The molecule has 1 aromatic heterocycles. The van der Waals surface area contributed by atoms with Gasteiger partial charge in [-0.1, -0.05) is 29.5 Å². The zero-order valence-electron chi connectivity index (χ0n) is 6.61. The van der Waals surface area contributed by atoms with Crippen molar-refractivity contribution >= 4 is 11.3 Å². The van der Waals surface area contributed by atoms with Crippen molar-refractivity contribution in [2.45, 2.75) is 6.92 Å². The van der Waals surface area contributed by atoms with Crippen molar-refractivity contribution in [2.75, 3.05) is 0 Å². The number of benzene rings is 1. The topological polar surface area (TPSA) is 25.8 Å². The van der Waals surface area contributed by atoms with Gasteiger partial charge in [-0.25, -0.2) is 0 Å². The number of nitrogens with zero attached hydrogens (tertiary/aromatic N) is 2. The molecule has 2 nitrogen and oxygen atoms in total. The lowest BCUT2D eigenvalue weighted by Crippen LogP contribution is -1.74. The van der Waals surface area contributed by atoms with E-state index in [-0.39, 0.29) is 0 Å². The molecule has 0 saturated heterocycles. The Kier molecular flexibility index (Phi) is 1.87. The maximum Gasteiger partial charge on any atom is 0.147 e. The molecule has 0 aliphatic carbocycles. The molecule has 0 unspecified atom stereocenters. The SMILES string of the molecule is Cc1nnc(-c2c[c]ccc2)s1. The molecule has 2 rings (SSSR count). The summed E-state index contributed by atoms with van der Waals surface area (Å²) in [5, 5.41) is 9.94. The van der Waals surface area contributed by atoms with E-state index in [0.717, 1.165) is 15.6 Å². The maximum absolute atomic E-state index is 4.03. The van der Waals surface area contributed by atoms with Crippen LogP contribution in [0.4, 0.5) is 0 Å². The first-order chi connectivity index (χ1) is 5.86. The molecule has 0 fully saturated rings. The van der Waals surface area contributed by atoms with Crippen LogP contribution in [0.3, 0.4) is 0 Å². The molecule has 12 heavy (non-hydrogen) atoms. The van der Waals surface area contributed by atoms with Crippen LogP contribution in [0.15, 0.2) is 24.3 Å². The fraction of sp³-hybridized carbons (Fsp3) is 0.111. The van der Waals surface area contributed by atoms with Crippen LogP contribution in [-0.4, -0.2) is 10.2 Å². The monoisotopic (exact) mass is 175 g/mol. The Morgan fingerprint density at radius 1 is 1.42 bits per heavy atom. The van der Waals surface area contributed by atoms with Gasteiger partial charge in [0.05, 0.1) is 0 Å². The molecular weight excluding hydrogens is 168 g/mol. The van der Waals surface area contributed by atoms with Crippen molar-refractivity contribution < 1.29 is 0 Å². The van der Waals surface area contributed by atoms with Crippen LogP contribution in [0.1, 0.15) is 5.01 Å². The summed E-state index contributed by atoms with van der Waals surface area (Å²) in [5.74, 6) is 0. The molecule has 3 heteroatoms. The summed E-state index contributed by atoms with van der Waals surface area (Å²) in [6, 6.07) is 10.8. The molecule has 0 spiro atoms. The highest BCUT2D eigenvalue weighted by atomic mass is 32.1. The van der Waals surface area contributed by atoms with Gasteiger partial charge in [0.15, 0.2) is 0 Å². The fourth-order valence-electron chi connectivity index (χ4n) is 0.940. The molecule has 0 aliphatic heterocycles. The molecule has 0 atom stereocenters. The van der Waals surface area contributed by atoms with Gasteiger partial charge < -0.3 is 0 Å². The van der Waals surface area contributed by atoms with Gasteiger partial charge in [-0.3, -0.25) is 0 Å². The van der Waals surface area contributed by atoms with E-state index in [9.17, 15) is 0 Å². The van der Waals surface area contributed by atoms with Crippen molar-refractivity contribution in [3.8, 4) is 10.6 Å². The number of hydrogen-bond acceptors (Lipinski definition) is 3. The second-order valence-electron chi connectivity index (χ2n) is 2.42. The molecule has 1 aromatic carbocycles. The van der Waals surface area contributed by atoms with Crippen LogP contribution in [0.25, 0.3) is 10.6 Å². The lowest BCUT2D eigenvalue weighted by molar-refractivity contribution is 1.05. The average molecular weight is 175 g/mol. The number of hydrogen-bond donors (Lipinski definition) is 0. The van der Waals surface area contributed by atoms with Crippen molar-refractivity contribution in [2.24, 2.45) is 0 Å². The lowest BCUT2D eigenvalue weighted by atomic mass is 10.2. The van der Waals surface area contributed by atoms with Crippen LogP contribution in [-0.2, 0) is 0 Å². The fourth-order valence-corrected chi connectivity index (χ4v) is 1.63. The van der Waals surface area contributed by atoms with Crippen LogP contribution < -0.4 is 0 Å². The zero-order chi connectivity index (χ0) is 8.39. The van der Waals surface area contributed by atoms with Gasteiger partial charge in [-0.05, 0) is 19.1 Å². The first-order valence-electron chi connectivity index (χ1n) is 3.63. The summed E-state index contributed by atoms with van der Waals surface area (Å²) >= 11 is 1.60. The molecule has 0 bridgehead atoms. The number of rotatable bonds is 1. The van der Waals surface area contributed by atoms with Crippen molar-refractivity contribution in [3.05, 3.63) is 35.3 Å². The molecule has 0 aliphatic rings. The molecule has 0 amide bonds. The zero-order valence-corrected chi connectivity index (χ0v) is 7.43. The van der Waals surface area contributed by atoms with Crippen molar-refractivity contribution in [1.82, 2.24) is 10.2 Å². The normalized spacial score (nSPS) is 10.1. The third-order valence-corrected chi connectivity index (χ3v) is 2.37. The van der Waals surface area contributed by atoms with E-state index in [0.29, 0.717) is 0 Å². The largest absolute Gasteiger partial charge is 0.147 e. The summed E-state index contributed by atoms with van der Waals surface area (Å²) in [7, 11) is 0. The first-order valence-corrected chi connectivity index (χ1v) is 4.44. The van der Waals surface area contributed by atoms with Crippen LogP contribution in [0, 0.1) is 13.0 Å². The first kappa shape index (κ1) is 7.43. The Labute approximate surface area is 74.9 Å². The van der Waals surface area contributed by atoms with Gasteiger partial charge in [0.1, 0.15) is 10.0 Å². The molecule has 0 saturated carbocycles. The molecule has 1 radical (unpaired) electrons. The van der Waals surface area contributed by atoms with Crippen molar-refractivity contribution in [3.63, 3.8) is 0 Å². The highest BCUT2D eigenvalue weighted by Crippen LogP contribution is 2.21. The van der Waals surface area contributed by atoms with Gasteiger partial charge in [0.2, 0.25) is 0 Å². The Morgan fingerprint density at radius 3 is 2.92 bits per heavy atom. The third-order valence-electron chi connectivity index (χ3n) is 1.48. The minimum Gasteiger partial charge on any atom is -0.143 e. The summed E-state index contributed by atoms with van der Waals surface area (Å²) < 4.78 is 0. The smallest absolute Gasteiger partial charge is 0.143 e. The minimum atomic E-state index is 0.962. The van der Waals surface area contributed by atoms with E-state index in [4.69, 9.17) is 0 Å². The van der Waals surface area contributed by atoms with E-state index in [1.165, 1.54) is 0 Å². The molecular formula is C9H7N2S. The third kappa shape index (κ3) is 1.36. The Bertz CT molecular complexity index is 367. The Balaban J connectivity index is 2.45. The van der Waals surface area contributed by atoms with Gasteiger partial charge in [-0.15, -0.1) is 10.2 Å². The molecule has 1 heterocycles. The second-order valence-corrected chi connectivity index (χ2v) is 3.60. The van der Waals surface area contributed by atoms with Crippen LogP contribution in [0.2, 0.25) is 0 Å². The van der Waals surface area contributed by atoms with E-state index in [1.807, 2.05) is 31.2 Å².